The zero-order valence-electron chi connectivity index (χ0n) is 12.1. The molecule has 0 aliphatic heterocycles. The Labute approximate surface area is 134 Å². The second-order valence-electron chi connectivity index (χ2n) is 5.15. The van der Waals surface area contributed by atoms with E-state index in [0.29, 0.717) is 16.9 Å². The number of benzene rings is 1. The molecule has 0 atom stereocenters. The highest BCUT2D eigenvalue weighted by Crippen LogP contribution is 2.31. The van der Waals surface area contributed by atoms with Crippen LogP contribution in [0, 0.1) is 12.3 Å². The topological polar surface area (TPSA) is 46.5 Å². The fourth-order valence-electron chi connectivity index (χ4n) is 2.47. The SMILES string of the molecule is FC(F)(F)c1cccc(-c2c#cn(-c3ccnc4[nH]ccc34)n2)c1. The van der Waals surface area contributed by atoms with Crippen molar-refractivity contribution in [1.29, 1.82) is 0 Å². The molecule has 0 radical (unpaired) electrons. The van der Waals surface area contributed by atoms with Crippen molar-refractivity contribution < 1.29 is 13.2 Å². The second-order valence-corrected chi connectivity index (χ2v) is 5.15. The van der Waals surface area contributed by atoms with Gasteiger partial charge in [0.15, 0.2) is 0 Å². The first-order valence-corrected chi connectivity index (χ1v) is 7.02. The molecule has 0 fully saturated rings. The van der Waals surface area contributed by atoms with E-state index in [1.807, 2.05) is 6.07 Å². The first kappa shape index (κ1) is 14.3. The van der Waals surface area contributed by atoms with Gasteiger partial charge in [-0.1, -0.05) is 12.1 Å². The van der Waals surface area contributed by atoms with Gasteiger partial charge >= 0.3 is 6.18 Å². The summed E-state index contributed by atoms with van der Waals surface area (Å²) < 4.78 is 40.0. The van der Waals surface area contributed by atoms with Crippen LogP contribution < -0.4 is 0 Å². The van der Waals surface area contributed by atoms with Crippen LogP contribution in [0.25, 0.3) is 28.0 Å². The Kier molecular flexibility index (Phi) is 3.06. The van der Waals surface area contributed by atoms with E-state index in [-0.39, 0.29) is 0 Å². The molecular weight excluding hydrogens is 317 g/mol. The zero-order chi connectivity index (χ0) is 16.7. The molecule has 4 rings (SSSR count). The molecule has 0 bridgehead atoms. The fraction of sp³-hybridized carbons (Fsp3) is 0.0588. The van der Waals surface area contributed by atoms with Crippen LogP contribution in [-0.2, 0) is 6.18 Å². The lowest BCUT2D eigenvalue weighted by Crippen LogP contribution is -2.04. The average Bonchev–Trinajstić information content (AvgIpc) is 3.23. The molecule has 0 saturated heterocycles. The van der Waals surface area contributed by atoms with Crippen LogP contribution >= 0.6 is 0 Å². The van der Waals surface area contributed by atoms with Gasteiger partial charge in [-0.15, -0.1) is 0 Å². The summed E-state index contributed by atoms with van der Waals surface area (Å²) >= 11 is 0. The summed E-state index contributed by atoms with van der Waals surface area (Å²) in [5.74, 6) is 0. The molecule has 4 nitrogen and oxygen atoms in total. The molecule has 3 heterocycles. The summed E-state index contributed by atoms with van der Waals surface area (Å²) in [5.41, 5.74) is 1.31. The van der Waals surface area contributed by atoms with E-state index in [2.05, 4.69) is 27.3 Å². The number of alkyl halides is 3. The maximum Gasteiger partial charge on any atom is 0.416 e. The van der Waals surface area contributed by atoms with Gasteiger partial charge < -0.3 is 4.98 Å². The predicted octanol–water partition coefficient (Wildman–Crippen LogP) is 4.03. The van der Waals surface area contributed by atoms with Gasteiger partial charge in [0.2, 0.25) is 0 Å². The lowest BCUT2D eigenvalue weighted by molar-refractivity contribution is -0.137. The number of hydrogen-bond acceptors (Lipinski definition) is 2. The van der Waals surface area contributed by atoms with Crippen LogP contribution in [0.1, 0.15) is 5.56 Å². The highest BCUT2D eigenvalue weighted by molar-refractivity contribution is 5.84. The first-order valence-electron chi connectivity index (χ1n) is 7.02. The van der Waals surface area contributed by atoms with Crippen LogP contribution in [0.3, 0.4) is 0 Å². The normalized spacial score (nSPS) is 11.6. The number of aromatic amines is 1. The first-order chi connectivity index (χ1) is 11.5. The van der Waals surface area contributed by atoms with E-state index >= 15 is 0 Å². The Morgan fingerprint density at radius 1 is 1.12 bits per heavy atom. The summed E-state index contributed by atoms with van der Waals surface area (Å²) in [5, 5.41) is 5.13. The standard InChI is InChI=1S/C17H9F3N4/c18-17(19,20)12-3-1-2-11(10-12)14-6-9-24(23-14)15-5-8-22-16-13(15)4-7-21-16/h1-5,7-8,10H,(H,21,22). The maximum absolute atomic E-state index is 12.8. The molecule has 1 N–H and O–H groups in total. The van der Waals surface area contributed by atoms with Crippen molar-refractivity contribution in [3.63, 3.8) is 0 Å². The Morgan fingerprint density at radius 3 is 2.83 bits per heavy atom. The lowest BCUT2D eigenvalue weighted by atomic mass is 10.1. The van der Waals surface area contributed by atoms with E-state index in [4.69, 9.17) is 0 Å². The number of pyridine rings is 1. The smallest absolute Gasteiger partial charge is 0.346 e. The summed E-state index contributed by atoms with van der Waals surface area (Å²) in [6, 6.07) is 11.4. The highest BCUT2D eigenvalue weighted by Gasteiger charge is 2.30. The molecule has 24 heavy (non-hydrogen) atoms. The Morgan fingerprint density at radius 2 is 2.00 bits per heavy atom. The van der Waals surface area contributed by atoms with Gasteiger partial charge in [-0.05, 0) is 30.3 Å². The molecule has 1 aromatic carbocycles. The molecule has 0 aliphatic rings. The Bertz CT molecular complexity index is 1010. The number of nitrogens with zero attached hydrogens (tertiary/aromatic N) is 3. The third-order valence-electron chi connectivity index (χ3n) is 3.61. The number of rotatable bonds is 2. The van der Waals surface area contributed by atoms with E-state index in [9.17, 15) is 13.2 Å². The van der Waals surface area contributed by atoms with Crippen LogP contribution in [0.2, 0.25) is 0 Å². The number of hydrogen-bond donors (Lipinski definition) is 1. The molecule has 0 spiro atoms. The van der Waals surface area contributed by atoms with E-state index < -0.39 is 11.7 Å². The van der Waals surface area contributed by atoms with Gasteiger partial charge in [0, 0.05) is 29.5 Å². The zero-order valence-corrected chi connectivity index (χ0v) is 12.1. The van der Waals surface area contributed by atoms with Crippen molar-refractivity contribution in [2.24, 2.45) is 0 Å². The number of halogens is 3. The minimum atomic E-state index is -4.40. The maximum atomic E-state index is 12.8. The van der Waals surface area contributed by atoms with Gasteiger partial charge in [-0.3, -0.25) is 0 Å². The largest absolute Gasteiger partial charge is 0.416 e. The van der Waals surface area contributed by atoms with Gasteiger partial charge in [0.1, 0.15) is 11.3 Å². The molecule has 0 amide bonds. The summed E-state index contributed by atoms with van der Waals surface area (Å²) in [6.07, 6.45) is 1.79. The molecular formula is C17H9F3N4. The Hall–Kier alpha value is -3.27. The number of fused-ring (bicyclic) bond motifs is 1. The van der Waals surface area contributed by atoms with Crippen LogP contribution in [0.5, 0.6) is 0 Å². The molecule has 118 valence electrons. The molecule has 0 unspecified atom stereocenters. The van der Waals surface area contributed by atoms with Gasteiger partial charge in [-0.2, -0.15) is 23.0 Å². The van der Waals surface area contributed by atoms with Crippen molar-refractivity contribution >= 4 is 11.0 Å². The second kappa shape index (κ2) is 5.13. The molecule has 0 aliphatic carbocycles. The third kappa shape index (κ3) is 2.38. The quantitative estimate of drug-likeness (QED) is 0.604. The van der Waals surface area contributed by atoms with Gasteiger partial charge in [0.05, 0.1) is 11.3 Å². The van der Waals surface area contributed by atoms with Crippen LogP contribution in [0.4, 0.5) is 13.2 Å². The number of H-pyrrole nitrogens is 1. The minimum absolute atomic E-state index is 0.293. The lowest BCUT2D eigenvalue weighted by Gasteiger charge is -2.07. The predicted molar refractivity (Wildman–Crippen MR) is 81.3 cm³/mol. The van der Waals surface area contributed by atoms with E-state index in [0.717, 1.165) is 23.2 Å². The summed E-state index contributed by atoms with van der Waals surface area (Å²) in [7, 11) is 0. The van der Waals surface area contributed by atoms with E-state index in [1.165, 1.54) is 10.7 Å². The fourth-order valence-corrected chi connectivity index (χ4v) is 2.47. The minimum Gasteiger partial charge on any atom is -0.346 e. The van der Waals surface area contributed by atoms with Gasteiger partial charge in [-0.25, -0.2) is 4.98 Å². The summed E-state index contributed by atoms with van der Waals surface area (Å²) in [4.78, 5) is 7.18. The third-order valence-corrected chi connectivity index (χ3v) is 3.61. The highest BCUT2D eigenvalue weighted by atomic mass is 19.4. The molecule has 0 saturated carbocycles. The van der Waals surface area contributed by atoms with Crippen molar-refractivity contribution in [1.82, 2.24) is 19.7 Å². The van der Waals surface area contributed by atoms with Crippen molar-refractivity contribution in [2.45, 2.75) is 6.18 Å². The number of aromatic nitrogens is 4. The van der Waals surface area contributed by atoms with Crippen LogP contribution in [0.15, 0.2) is 48.8 Å². The average molecular weight is 326 g/mol. The van der Waals surface area contributed by atoms with Crippen molar-refractivity contribution in [3.05, 3.63) is 66.6 Å². The van der Waals surface area contributed by atoms with Crippen molar-refractivity contribution in [3.8, 4) is 16.9 Å². The molecule has 7 heteroatoms. The van der Waals surface area contributed by atoms with E-state index in [1.54, 1.807) is 24.5 Å². The van der Waals surface area contributed by atoms with Crippen LogP contribution in [-0.4, -0.2) is 19.7 Å². The molecule has 3 aromatic heterocycles. The van der Waals surface area contributed by atoms with Crippen molar-refractivity contribution in [2.75, 3.05) is 0 Å². The van der Waals surface area contributed by atoms with Gasteiger partial charge in [0.25, 0.3) is 0 Å². The monoisotopic (exact) mass is 326 g/mol. The molecule has 4 aromatic rings. The Balaban J connectivity index is 1.77. The summed E-state index contributed by atoms with van der Waals surface area (Å²) in [6.45, 7) is 0. The number of nitrogens with one attached hydrogen (secondary N) is 1.